The molecular weight excluding hydrogens is 176 g/mol. The van der Waals surface area contributed by atoms with Gasteiger partial charge in [-0.25, -0.2) is 0 Å². The molecule has 1 aromatic rings. The van der Waals surface area contributed by atoms with E-state index >= 15 is 0 Å². The molecule has 0 aliphatic rings. The van der Waals surface area contributed by atoms with Crippen LogP contribution in [0, 0.1) is 11.3 Å². The second-order valence-corrected chi connectivity index (χ2v) is 2.92. The van der Waals surface area contributed by atoms with Gasteiger partial charge in [0.2, 0.25) is 0 Å². The van der Waals surface area contributed by atoms with Crippen LogP contribution in [-0.2, 0) is 11.4 Å². The third-order valence-electron chi connectivity index (χ3n) is 1.63. The van der Waals surface area contributed by atoms with Crippen molar-refractivity contribution >= 4 is 5.71 Å². The maximum Gasteiger partial charge on any atom is 0.142 e. The summed E-state index contributed by atoms with van der Waals surface area (Å²) in [6.07, 6.45) is 0.314. The Balaban J connectivity index is 2.36. The molecule has 14 heavy (non-hydrogen) atoms. The van der Waals surface area contributed by atoms with Gasteiger partial charge in [-0.1, -0.05) is 35.5 Å². The van der Waals surface area contributed by atoms with E-state index in [9.17, 15) is 0 Å². The van der Waals surface area contributed by atoms with Crippen molar-refractivity contribution in [2.24, 2.45) is 5.16 Å². The molecule has 1 aromatic carbocycles. The van der Waals surface area contributed by atoms with Crippen LogP contribution in [0.1, 0.15) is 18.9 Å². The van der Waals surface area contributed by atoms with Crippen LogP contribution in [0.5, 0.6) is 0 Å². The highest BCUT2D eigenvalue weighted by molar-refractivity contribution is 5.83. The van der Waals surface area contributed by atoms with Gasteiger partial charge in [-0.05, 0) is 12.5 Å². The fourth-order valence-corrected chi connectivity index (χ4v) is 0.938. The van der Waals surface area contributed by atoms with Crippen molar-refractivity contribution < 1.29 is 4.84 Å². The molecule has 0 atom stereocenters. The molecule has 0 saturated carbocycles. The third kappa shape index (κ3) is 3.72. The maximum atomic E-state index is 8.37. The van der Waals surface area contributed by atoms with E-state index in [2.05, 4.69) is 5.16 Å². The zero-order chi connectivity index (χ0) is 10.2. The van der Waals surface area contributed by atoms with Gasteiger partial charge in [0, 0.05) is 0 Å². The molecule has 0 fully saturated rings. The second kappa shape index (κ2) is 5.76. The zero-order valence-electron chi connectivity index (χ0n) is 8.10. The monoisotopic (exact) mass is 188 g/mol. The summed E-state index contributed by atoms with van der Waals surface area (Å²) in [4.78, 5) is 5.07. The smallest absolute Gasteiger partial charge is 0.142 e. The molecule has 0 N–H and O–H groups in total. The quantitative estimate of drug-likeness (QED) is 0.538. The first-order chi connectivity index (χ1) is 6.83. The van der Waals surface area contributed by atoms with Gasteiger partial charge in [-0.3, -0.25) is 0 Å². The average molecular weight is 188 g/mol. The predicted molar refractivity (Wildman–Crippen MR) is 54.6 cm³/mol. The largest absolute Gasteiger partial charge is 0.391 e. The van der Waals surface area contributed by atoms with E-state index < -0.39 is 0 Å². The second-order valence-electron chi connectivity index (χ2n) is 2.92. The molecule has 0 bridgehead atoms. The minimum Gasteiger partial charge on any atom is -0.391 e. The number of hydrogen-bond acceptors (Lipinski definition) is 3. The van der Waals surface area contributed by atoms with Gasteiger partial charge in [0.25, 0.3) is 0 Å². The minimum absolute atomic E-state index is 0.314. The van der Waals surface area contributed by atoms with Crippen LogP contribution in [0.2, 0.25) is 0 Å². The lowest BCUT2D eigenvalue weighted by atomic mass is 10.2. The first-order valence-corrected chi connectivity index (χ1v) is 4.39. The van der Waals surface area contributed by atoms with Crippen molar-refractivity contribution in [1.29, 1.82) is 5.26 Å². The first kappa shape index (κ1) is 10.3. The van der Waals surface area contributed by atoms with Crippen molar-refractivity contribution in [3.63, 3.8) is 0 Å². The number of oxime groups is 1. The molecule has 1 rings (SSSR count). The summed E-state index contributed by atoms with van der Waals surface area (Å²) in [7, 11) is 0. The van der Waals surface area contributed by atoms with E-state index in [-0.39, 0.29) is 0 Å². The van der Waals surface area contributed by atoms with Crippen molar-refractivity contribution in [2.45, 2.75) is 20.0 Å². The normalized spacial score (nSPS) is 10.7. The van der Waals surface area contributed by atoms with Gasteiger partial charge in [0.1, 0.15) is 6.61 Å². The summed E-state index contributed by atoms with van der Waals surface area (Å²) in [6.45, 7) is 2.22. The highest BCUT2D eigenvalue weighted by Gasteiger charge is 1.92. The highest BCUT2D eigenvalue weighted by atomic mass is 16.6. The molecule has 3 heteroatoms. The van der Waals surface area contributed by atoms with Gasteiger partial charge in [0.15, 0.2) is 0 Å². The molecule has 0 aromatic heterocycles. The Hall–Kier alpha value is -1.82. The van der Waals surface area contributed by atoms with Crippen LogP contribution in [-0.4, -0.2) is 5.71 Å². The van der Waals surface area contributed by atoms with Crippen molar-refractivity contribution in [2.75, 3.05) is 0 Å². The number of hydrogen-bond donors (Lipinski definition) is 0. The third-order valence-corrected chi connectivity index (χ3v) is 1.63. The van der Waals surface area contributed by atoms with E-state index in [1.165, 1.54) is 0 Å². The minimum atomic E-state index is 0.314. The lowest BCUT2D eigenvalue weighted by molar-refractivity contribution is 0.130. The Labute approximate surface area is 83.6 Å². The summed E-state index contributed by atoms with van der Waals surface area (Å²) >= 11 is 0. The first-order valence-electron chi connectivity index (χ1n) is 4.39. The van der Waals surface area contributed by atoms with Crippen molar-refractivity contribution in [1.82, 2.24) is 0 Å². The number of rotatable bonds is 4. The summed E-state index contributed by atoms with van der Waals surface area (Å²) in [5.41, 5.74) is 1.77. The van der Waals surface area contributed by atoms with Gasteiger partial charge in [-0.2, -0.15) is 5.26 Å². The number of nitrogens with zero attached hydrogens (tertiary/aromatic N) is 2. The molecule has 0 aliphatic carbocycles. The van der Waals surface area contributed by atoms with E-state index in [1.807, 2.05) is 36.4 Å². The fraction of sp³-hybridized carbons (Fsp3) is 0.273. The Bertz CT molecular complexity index is 338. The van der Waals surface area contributed by atoms with Crippen LogP contribution in [0.4, 0.5) is 0 Å². The van der Waals surface area contributed by atoms with Crippen molar-refractivity contribution in [3.8, 4) is 6.07 Å². The van der Waals surface area contributed by atoms with E-state index in [4.69, 9.17) is 10.1 Å². The molecule has 3 nitrogen and oxygen atoms in total. The lowest BCUT2D eigenvalue weighted by Crippen LogP contribution is -1.92. The Morgan fingerprint density at radius 3 is 2.79 bits per heavy atom. The van der Waals surface area contributed by atoms with E-state index in [0.717, 1.165) is 5.56 Å². The van der Waals surface area contributed by atoms with Crippen LogP contribution >= 0.6 is 0 Å². The summed E-state index contributed by atoms with van der Waals surface area (Å²) in [5.74, 6) is 0. The molecule has 0 spiro atoms. The summed E-state index contributed by atoms with van der Waals surface area (Å²) in [6, 6.07) is 11.8. The van der Waals surface area contributed by atoms with E-state index in [0.29, 0.717) is 18.7 Å². The van der Waals surface area contributed by atoms with Crippen LogP contribution < -0.4 is 0 Å². The lowest BCUT2D eigenvalue weighted by Gasteiger charge is -1.99. The van der Waals surface area contributed by atoms with Crippen molar-refractivity contribution in [3.05, 3.63) is 35.9 Å². The molecule has 0 saturated heterocycles. The standard InChI is InChI=1S/C11H12N2O/c1-10(7-8-12)13-14-9-11-5-3-2-4-6-11/h2-6H,7,9H2,1H3/b13-10+. The van der Waals surface area contributed by atoms with Gasteiger partial charge < -0.3 is 4.84 Å². The summed E-state index contributed by atoms with van der Waals surface area (Å²) < 4.78 is 0. The fourth-order valence-electron chi connectivity index (χ4n) is 0.938. The molecular formula is C11H12N2O. The maximum absolute atomic E-state index is 8.37. The predicted octanol–water partition coefficient (Wildman–Crippen LogP) is 2.49. The Kier molecular flexibility index (Phi) is 4.22. The number of benzene rings is 1. The topological polar surface area (TPSA) is 45.4 Å². The van der Waals surface area contributed by atoms with Gasteiger partial charge in [-0.15, -0.1) is 0 Å². The summed E-state index contributed by atoms with van der Waals surface area (Å²) in [5, 5.41) is 12.2. The molecule has 0 aliphatic heterocycles. The van der Waals surface area contributed by atoms with Crippen LogP contribution in [0.15, 0.2) is 35.5 Å². The van der Waals surface area contributed by atoms with Gasteiger partial charge in [0.05, 0.1) is 18.2 Å². The highest BCUT2D eigenvalue weighted by Crippen LogP contribution is 2.00. The molecule has 72 valence electrons. The molecule has 0 radical (unpaired) electrons. The zero-order valence-corrected chi connectivity index (χ0v) is 8.10. The molecule has 0 amide bonds. The SMILES string of the molecule is C/C(CC#N)=N\OCc1ccccc1. The Morgan fingerprint density at radius 2 is 2.14 bits per heavy atom. The van der Waals surface area contributed by atoms with Gasteiger partial charge >= 0.3 is 0 Å². The van der Waals surface area contributed by atoms with Crippen LogP contribution in [0.3, 0.4) is 0 Å². The Morgan fingerprint density at radius 1 is 1.43 bits per heavy atom. The van der Waals surface area contributed by atoms with E-state index in [1.54, 1.807) is 6.92 Å². The number of nitriles is 1. The molecule has 0 unspecified atom stereocenters. The molecule has 0 heterocycles. The average Bonchev–Trinajstić information content (AvgIpc) is 2.20. The van der Waals surface area contributed by atoms with Crippen LogP contribution in [0.25, 0.3) is 0 Å².